The molecule has 0 spiro atoms. The van der Waals surface area contributed by atoms with Gasteiger partial charge in [-0.1, -0.05) is 25.4 Å². The zero-order valence-corrected chi connectivity index (χ0v) is 14.7. The summed E-state index contributed by atoms with van der Waals surface area (Å²) in [4.78, 5) is 0. The predicted octanol–water partition coefficient (Wildman–Crippen LogP) is 4.23. The van der Waals surface area contributed by atoms with E-state index in [0.29, 0.717) is 10.5 Å². The number of methoxy groups -OCH3 is 1. The first kappa shape index (κ1) is 16.3. The Hall–Kier alpha value is -0.0300. The summed E-state index contributed by atoms with van der Waals surface area (Å²) in [7, 11) is 3.73. The Labute approximate surface area is 135 Å². The van der Waals surface area contributed by atoms with E-state index in [4.69, 9.17) is 16.3 Å². The third-order valence-electron chi connectivity index (χ3n) is 3.78. The van der Waals surface area contributed by atoms with Crippen LogP contribution in [0.15, 0.2) is 18.2 Å². The summed E-state index contributed by atoms with van der Waals surface area (Å²) in [6.07, 6.45) is 0. The Morgan fingerprint density at radius 3 is 2.70 bits per heavy atom. The van der Waals surface area contributed by atoms with Crippen molar-refractivity contribution in [2.75, 3.05) is 19.9 Å². The van der Waals surface area contributed by atoms with Crippen LogP contribution in [0.4, 0.5) is 0 Å². The highest BCUT2D eigenvalue weighted by molar-refractivity contribution is 8.07. The van der Waals surface area contributed by atoms with Crippen molar-refractivity contribution in [3.8, 4) is 5.75 Å². The van der Waals surface area contributed by atoms with E-state index in [1.165, 1.54) is 0 Å². The van der Waals surface area contributed by atoms with Crippen LogP contribution < -0.4 is 10.1 Å². The summed E-state index contributed by atoms with van der Waals surface area (Å²) < 4.78 is 5.51. The Balaban J connectivity index is 2.26. The normalized spacial score (nSPS) is 28.1. The zero-order chi connectivity index (χ0) is 14.7. The number of thioether (sulfide) groups is 2. The maximum atomic E-state index is 6.17. The monoisotopic (exact) mass is 331 g/mol. The Kier molecular flexibility index (Phi) is 5.96. The number of hydrogen-bond acceptors (Lipinski definition) is 4. The molecule has 4 unspecified atom stereocenters. The SMILES string of the molecule is CNC(c1cc(Cl)ccc1OC)C1CSC(C)C(C)S1. The molecule has 5 heteroatoms. The largest absolute Gasteiger partial charge is 0.496 e. The Morgan fingerprint density at radius 2 is 2.10 bits per heavy atom. The molecule has 1 fully saturated rings. The fourth-order valence-electron chi connectivity index (χ4n) is 2.47. The van der Waals surface area contributed by atoms with E-state index in [1.54, 1.807) is 7.11 Å². The number of hydrogen-bond donors (Lipinski definition) is 1. The van der Waals surface area contributed by atoms with Crippen molar-refractivity contribution >= 4 is 35.1 Å². The van der Waals surface area contributed by atoms with Crippen molar-refractivity contribution in [2.24, 2.45) is 0 Å². The fourth-order valence-corrected chi connectivity index (χ4v) is 5.80. The van der Waals surface area contributed by atoms with Crippen LogP contribution in [0.3, 0.4) is 0 Å². The van der Waals surface area contributed by atoms with E-state index in [1.807, 2.05) is 25.2 Å². The minimum Gasteiger partial charge on any atom is -0.496 e. The van der Waals surface area contributed by atoms with E-state index in [9.17, 15) is 0 Å². The van der Waals surface area contributed by atoms with Crippen molar-refractivity contribution in [1.82, 2.24) is 5.32 Å². The van der Waals surface area contributed by atoms with Gasteiger partial charge in [0.05, 0.1) is 7.11 Å². The molecule has 0 amide bonds. The minimum atomic E-state index is 0.260. The number of ether oxygens (including phenoxy) is 1. The molecule has 1 N–H and O–H groups in total. The second kappa shape index (κ2) is 7.30. The van der Waals surface area contributed by atoms with Gasteiger partial charge in [-0.25, -0.2) is 0 Å². The number of rotatable bonds is 4. The van der Waals surface area contributed by atoms with Gasteiger partial charge in [0, 0.05) is 38.1 Å². The second-order valence-corrected chi connectivity index (χ2v) is 8.54. The Bertz CT molecular complexity index is 457. The first-order valence-electron chi connectivity index (χ1n) is 6.84. The highest BCUT2D eigenvalue weighted by atomic mass is 35.5. The maximum Gasteiger partial charge on any atom is 0.123 e. The average molecular weight is 332 g/mol. The molecule has 0 bridgehead atoms. The summed E-state index contributed by atoms with van der Waals surface area (Å²) in [5.41, 5.74) is 1.15. The lowest BCUT2D eigenvalue weighted by atomic mass is 10.0. The molecule has 0 aromatic heterocycles. The fraction of sp³-hybridized carbons (Fsp3) is 0.600. The van der Waals surface area contributed by atoms with Gasteiger partial charge in [-0.15, -0.1) is 0 Å². The quantitative estimate of drug-likeness (QED) is 0.890. The third kappa shape index (κ3) is 3.59. The molecule has 1 aliphatic rings. The molecule has 1 aromatic carbocycles. The molecule has 0 radical (unpaired) electrons. The molecule has 0 saturated carbocycles. The summed E-state index contributed by atoms with van der Waals surface area (Å²) in [5, 5.41) is 6.13. The minimum absolute atomic E-state index is 0.260. The summed E-state index contributed by atoms with van der Waals surface area (Å²) in [6.45, 7) is 4.63. The molecule has 112 valence electrons. The molecule has 4 atom stereocenters. The van der Waals surface area contributed by atoms with Gasteiger partial charge in [0.2, 0.25) is 0 Å². The van der Waals surface area contributed by atoms with Crippen molar-refractivity contribution in [3.63, 3.8) is 0 Å². The van der Waals surface area contributed by atoms with Crippen molar-refractivity contribution < 1.29 is 4.74 Å². The standard InChI is InChI=1S/C15H22ClNOS2/c1-9-10(2)20-14(8-19-9)15(17-3)12-7-11(16)5-6-13(12)18-4/h5-7,9-10,14-15,17H,8H2,1-4H3. The summed E-state index contributed by atoms with van der Waals surface area (Å²) in [6, 6.07) is 6.12. The van der Waals surface area contributed by atoms with E-state index < -0.39 is 0 Å². The molecule has 1 saturated heterocycles. The van der Waals surface area contributed by atoms with Crippen LogP contribution in [0, 0.1) is 0 Å². The maximum absolute atomic E-state index is 6.17. The van der Waals surface area contributed by atoms with Gasteiger partial charge in [0.15, 0.2) is 0 Å². The van der Waals surface area contributed by atoms with Crippen LogP contribution in [0.5, 0.6) is 5.75 Å². The Morgan fingerprint density at radius 1 is 1.35 bits per heavy atom. The summed E-state index contributed by atoms with van der Waals surface area (Å²) >= 11 is 10.3. The van der Waals surface area contributed by atoms with Crippen LogP contribution in [-0.2, 0) is 0 Å². The molecule has 1 heterocycles. The second-order valence-electron chi connectivity index (χ2n) is 5.07. The van der Waals surface area contributed by atoms with Crippen LogP contribution >= 0.6 is 35.1 Å². The number of halogens is 1. The molecule has 0 aliphatic carbocycles. The van der Waals surface area contributed by atoms with Crippen LogP contribution in [0.25, 0.3) is 0 Å². The van der Waals surface area contributed by atoms with Gasteiger partial charge in [-0.05, 0) is 25.2 Å². The first-order valence-corrected chi connectivity index (χ1v) is 9.21. The van der Waals surface area contributed by atoms with Crippen molar-refractivity contribution in [3.05, 3.63) is 28.8 Å². The molecule has 2 nitrogen and oxygen atoms in total. The zero-order valence-electron chi connectivity index (χ0n) is 12.4. The average Bonchev–Trinajstić information content (AvgIpc) is 2.44. The molecular formula is C15H22ClNOS2. The van der Waals surface area contributed by atoms with Gasteiger partial charge in [0.1, 0.15) is 5.75 Å². The molecule has 20 heavy (non-hydrogen) atoms. The van der Waals surface area contributed by atoms with Crippen LogP contribution in [0.2, 0.25) is 5.02 Å². The highest BCUT2D eigenvalue weighted by Crippen LogP contribution is 2.43. The lowest BCUT2D eigenvalue weighted by Gasteiger charge is -2.36. The van der Waals surface area contributed by atoms with E-state index in [-0.39, 0.29) is 6.04 Å². The predicted molar refractivity (Wildman–Crippen MR) is 92.6 cm³/mol. The topological polar surface area (TPSA) is 21.3 Å². The highest BCUT2D eigenvalue weighted by Gasteiger charge is 2.32. The smallest absolute Gasteiger partial charge is 0.123 e. The van der Waals surface area contributed by atoms with E-state index in [0.717, 1.165) is 27.3 Å². The molecular weight excluding hydrogens is 310 g/mol. The first-order chi connectivity index (χ1) is 9.56. The van der Waals surface area contributed by atoms with Gasteiger partial charge in [0.25, 0.3) is 0 Å². The molecule has 1 aromatic rings. The number of nitrogens with one attached hydrogen (secondary N) is 1. The molecule has 2 rings (SSSR count). The summed E-state index contributed by atoms with van der Waals surface area (Å²) in [5.74, 6) is 2.06. The lowest BCUT2D eigenvalue weighted by Crippen LogP contribution is -2.36. The van der Waals surface area contributed by atoms with E-state index >= 15 is 0 Å². The van der Waals surface area contributed by atoms with Gasteiger partial charge < -0.3 is 10.1 Å². The van der Waals surface area contributed by atoms with Crippen molar-refractivity contribution in [1.29, 1.82) is 0 Å². The molecule has 1 aliphatic heterocycles. The van der Waals surface area contributed by atoms with Crippen molar-refractivity contribution in [2.45, 2.75) is 35.6 Å². The third-order valence-corrected chi connectivity index (χ3v) is 7.51. The van der Waals surface area contributed by atoms with Crippen LogP contribution in [0.1, 0.15) is 25.5 Å². The van der Waals surface area contributed by atoms with Gasteiger partial charge in [-0.2, -0.15) is 23.5 Å². The van der Waals surface area contributed by atoms with Gasteiger partial charge >= 0.3 is 0 Å². The lowest BCUT2D eigenvalue weighted by molar-refractivity contribution is 0.401. The van der Waals surface area contributed by atoms with Gasteiger partial charge in [-0.3, -0.25) is 0 Å². The van der Waals surface area contributed by atoms with Crippen LogP contribution in [-0.4, -0.2) is 35.7 Å². The number of benzene rings is 1. The van der Waals surface area contributed by atoms with E-state index in [2.05, 4.69) is 42.7 Å².